The smallest absolute Gasteiger partial charge is 0.261 e. The highest BCUT2D eigenvalue weighted by atomic mass is 32.2. The van der Waals surface area contributed by atoms with Crippen LogP contribution in [0.15, 0.2) is 46.3 Å². The van der Waals surface area contributed by atoms with Crippen molar-refractivity contribution in [1.29, 1.82) is 0 Å². The van der Waals surface area contributed by atoms with Crippen molar-refractivity contribution in [3.8, 4) is 0 Å². The van der Waals surface area contributed by atoms with Gasteiger partial charge in [-0.15, -0.1) is 0 Å². The van der Waals surface area contributed by atoms with Crippen molar-refractivity contribution >= 4 is 39.3 Å². The Hall–Kier alpha value is -2.34. The van der Waals surface area contributed by atoms with Crippen LogP contribution >= 0.6 is 11.8 Å². The molecular formula is C23H29N3O2S. The number of benzene rings is 2. The first kappa shape index (κ1) is 21.4. The zero-order valence-corrected chi connectivity index (χ0v) is 18.8. The van der Waals surface area contributed by atoms with Gasteiger partial charge in [-0.25, -0.2) is 4.98 Å². The summed E-state index contributed by atoms with van der Waals surface area (Å²) < 4.78 is 1.52. The van der Waals surface area contributed by atoms with E-state index >= 15 is 0 Å². The van der Waals surface area contributed by atoms with Crippen LogP contribution in [0, 0.1) is 5.41 Å². The minimum Gasteiger partial charge on any atom is -0.350 e. The second-order valence-electron chi connectivity index (χ2n) is 9.43. The first-order valence-corrected chi connectivity index (χ1v) is 10.8. The molecule has 1 N–H and O–H groups in total. The van der Waals surface area contributed by atoms with E-state index in [2.05, 4.69) is 31.1 Å². The Morgan fingerprint density at radius 1 is 1.10 bits per heavy atom. The van der Waals surface area contributed by atoms with E-state index in [-0.39, 0.29) is 28.2 Å². The van der Waals surface area contributed by atoms with Gasteiger partial charge in [0.05, 0.1) is 16.7 Å². The Bertz CT molecular complexity index is 1130. The second-order valence-corrected chi connectivity index (χ2v) is 10.4. The number of carbonyl (C=O) groups excluding carboxylic acids is 1. The molecule has 1 aromatic heterocycles. The number of nitrogens with one attached hydrogen (secondary N) is 1. The SMILES string of the molecule is Cn1c(SCC(=O)NC(C)(C)CC(C)(C)C)nc2cc3ccccc3cc2c1=O. The van der Waals surface area contributed by atoms with Gasteiger partial charge in [-0.2, -0.15) is 0 Å². The number of amides is 1. The minimum atomic E-state index is -0.294. The number of thioether (sulfide) groups is 1. The Morgan fingerprint density at radius 2 is 1.72 bits per heavy atom. The van der Waals surface area contributed by atoms with Crippen LogP contribution in [0.2, 0.25) is 0 Å². The van der Waals surface area contributed by atoms with Gasteiger partial charge in [-0.05, 0) is 48.6 Å². The van der Waals surface area contributed by atoms with E-state index in [0.717, 1.165) is 17.2 Å². The fourth-order valence-corrected chi connectivity index (χ4v) is 4.75. The van der Waals surface area contributed by atoms with Crippen molar-refractivity contribution in [2.24, 2.45) is 12.5 Å². The summed E-state index contributed by atoms with van der Waals surface area (Å²) in [4.78, 5) is 30.0. The molecule has 2 aromatic carbocycles. The van der Waals surface area contributed by atoms with E-state index in [1.165, 1.54) is 16.3 Å². The minimum absolute atomic E-state index is 0.0582. The molecule has 0 radical (unpaired) electrons. The molecule has 0 aliphatic heterocycles. The molecular weight excluding hydrogens is 382 g/mol. The lowest BCUT2D eigenvalue weighted by Crippen LogP contribution is -2.46. The molecule has 0 unspecified atom stereocenters. The molecule has 0 fully saturated rings. The maximum atomic E-state index is 12.8. The van der Waals surface area contributed by atoms with E-state index in [9.17, 15) is 9.59 Å². The standard InChI is InChI=1S/C23H29N3O2S/c1-22(2,3)14-23(4,5)25-19(27)13-29-21-24-18-12-16-10-8-7-9-15(16)11-17(18)20(28)26(21)6/h7-12H,13-14H2,1-6H3,(H,25,27). The molecule has 3 rings (SSSR count). The molecule has 0 saturated heterocycles. The summed E-state index contributed by atoms with van der Waals surface area (Å²) in [6.07, 6.45) is 0.871. The van der Waals surface area contributed by atoms with Crippen LogP contribution in [-0.4, -0.2) is 26.8 Å². The Balaban J connectivity index is 1.81. The molecule has 1 amide bonds. The number of fused-ring (bicyclic) bond motifs is 2. The van der Waals surface area contributed by atoms with Crippen LogP contribution in [0.5, 0.6) is 0 Å². The van der Waals surface area contributed by atoms with Crippen LogP contribution in [0.3, 0.4) is 0 Å². The van der Waals surface area contributed by atoms with Crippen molar-refractivity contribution in [1.82, 2.24) is 14.9 Å². The van der Waals surface area contributed by atoms with Crippen LogP contribution in [0.1, 0.15) is 41.0 Å². The van der Waals surface area contributed by atoms with Crippen molar-refractivity contribution in [2.75, 3.05) is 5.75 Å². The van der Waals surface area contributed by atoms with E-state index in [1.54, 1.807) is 7.05 Å². The summed E-state index contributed by atoms with van der Waals surface area (Å²) >= 11 is 1.29. The predicted octanol–water partition coefficient (Wildman–Crippen LogP) is 4.51. The zero-order valence-electron chi connectivity index (χ0n) is 18.0. The summed E-state index contributed by atoms with van der Waals surface area (Å²) in [6.45, 7) is 10.6. The van der Waals surface area contributed by atoms with Gasteiger partial charge >= 0.3 is 0 Å². The Labute approximate surface area is 175 Å². The summed E-state index contributed by atoms with van der Waals surface area (Å²) in [7, 11) is 1.70. The van der Waals surface area contributed by atoms with Gasteiger partial charge in [-0.1, -0.05) is 56.8 Å². The highest BCUT2D eigenvalue weighted by Crippen LogP contribution is 2.27. The average molecular weight is 412 g/mol. The summed E-state index contributed by atoms with van der Waals surface area (Å²) in [5, 5.41) is 6.29. The highest BCUT2D eigenvalue weighted by molar-refractivity contribution is 7.99. The monoisotopic (exact) mass is 411 g/mol. The molecule has 0 bridgehead atoms. The number of hydrogen-bond donors (Lipinski definition) is 1. The van der Waals surface area contributed by atoms with Crippen LogP contribution < -0.4 is 10.9 Å². The van der Waals surface area contributed by atoms with Gasteiger partial charge in [0.1, 0.15) is 0 Å². The lowest BCUT2D eigenvalue weighted by atomic mass is 9.82. The molecule has 29 heavy (non-hydrogen) atoms. The largest absolute Gasteiger partial charge is 0.350 e. The van der Waals surface area contributed by atoms with E-state index in [4.69, 9.17) is 0 Å². The van der Waals surface area contributed by atoms with Crippen molar-refractivity contribution in [3.05, 3.63) is 46.8 Å². The number of nitrogens with zero attached hydrogens (tertiary/aromatic N) is 2. The first-order valence-electron chi connectivity index (χ1n) is 9.79. The molecule has 0 aliphatic carbocycles. The normalized spacial score (nSPS) is 12.5. The van der Waals surface area contributed by atoms with Crippen LogP contribution in [0.4, 0.5) is 0 Å². The van der Waals surface area contributed by atoms with Crippen LogP contribution in [0.25, 0.3) is 21.7 Å². The third-order valence-electron chi connectivity index (χ3n) is 4.68. The van der Waals surface area contributed by atoms with Crippen molar-refractivity contribution in [2.45, 2.75) is 51.7 Å². The van der Waals surface area contributed by atoms with E-state index in [0.29, 0.717) is 16.1 Å². The molecule has 0 saturated carbocycles. The molecule has 1 heterocycles. The van der Waals surface area contributed by atoms with E-state index in [1.807, 2.05) is 50.2 Å². The van der Waals surface area contributed by atoms with Gasteiger partial charge < -0.3 is 5.32 Å². The fraction of sp³-hybridized carbons (Fsp3) is 0.435. The zero-order chi connectivity index (χ0) is 21.4. The van der Waals surface area contributed by atoms with Gasteiger partial charge in [-0.3, -0.25) is 14.2 Å². The molecule has 0 atom stereocenters. The van der Waals surface area contributed by atoms with Gasteiger partial charge in [0, 0.05) is 12.6 Å². The Morgan fingerprint density at radius 3 is 2.34 bits per heavy atom. The van der Waals surface area contributed by atoms with Gasteiger partial charge in [0.25, 0.3) is 5.56 Å². The van der Waals surface area contributed by atoms with E-state index < -0.39 is 0 Å². The molecule has 3 aromatic rings. The molecule has 0 aliphatic rings. The summed E-state index contributed by atoms with van der Waals surface area (Å²) in [5.74, 6) is 0.157. The Kier molecular flexibility index (Phi) is 5.77. The maximum absolute atomic E-state index is 12.8. The predicted molar refractivity (Wildman–Crippen MR) is 122 cm³/mol. The number of hydrogen-bond acceptors (Lipinski definition) is 4. The fourth-order valence-electron chi connectivity index (χ4n) is 3.98. The third kappa shape index (κ3) is 5.18. The number of aromatic nitrogens is 2. The molecule has 154 valence electrons. The lowest BCUT2D eigenvalue weighted by Gasteiger charge is -2.33. The average Bonchev–Trinajstić information content (AvgIpc) is 2.59. The van der Waals surface area contributed by atoms with Crippen LogP contribution in [-0.2, 0) is 11.8 Å². The topological polar surface area (TPSA) is 64.0 Å². The molecule has 5 nitrogen and oxygen atoms in total. The molecule has 6 heteroatoms. The third-order valence-corrected chi connectivity index (χ3v) is 5.71. The lowest BCUT2D eigenvalue weighted by molar-refractivity contribution is -0.120. The highest BCUT2D eigenvalue weighted by Gasteiger charge is 2.27. The second kappa shape index (κ2) is 7.82. The first-order chi connectivity index (χ1) is 13.5. The number of rotatable bonds is 5. The number of carbonyl (C=O) groups is 1. The van der Waals surface area contributed by atoms with Gasteiger partial charge in [0.15, 0.2) is 5.16 Å². The van der Waals surface area contributed by atoms with Gasteiger partial charge in [0.2, 0.25) is 5.91 Å². The maximum Gasteiger partial charge on any atom is 0.261 e. The quantitative estimate of drug-likeness (QED) is 0.381. The molecule has 0 spiro atoms. The van der Waals surface area contributed by atoms with Crippen molar-refractivity contribution < 1.29 is 4.79 Å². The van der Waals surface area contributed by atoms with Crippen molar-refractivity contribution in [3.63, 3.8) is 0 Å². The summed E-state index contributed by atoms with van der Waals surface area (Å²) in [6, 6.07) is 11.7. The summed E-state index contributed by atoms with van der Waals surface area (Å²) in [5.41, 5.74) is 0.382.